The van der Waals surface area contributed by atoms with Gasteiger partial charge in [-0.15, -0.1) is 0 Å². The van der Waals surface area contributed by atoms with E-state index in [-0.39, 0.29) is 13.5 Å². The summed E-state index contributed by atoms with van der Waals surface area (Å²) in [5.74, 6) is 2.02. The van der Waals surface area contributed by atoms with Crippen LogP contribution in [0.4, 0.5) is 0 Å². The van der Waals surface area contributed by atoms with Crippen molar-refractivity contribution in [2.45, 2.75) is 89.9 Å². The summed E-state index contributed by atoms with van der Waals surface area (Å²) in [5, 5.41) is 3.35. The third-order valence-electron chi connectivity index (χ3n) is 7.06. The molecule has 4 rings (SSSR count). The summed E-state index contributed by atoms with van der Waals surface area (Å²) in [7, 11) is -3.44. The Morgan fingerprint density at radius 2 is 1.74 bits per heavy atom. The molecular formula is C31H42ClN3O3S. The monoisotopic (exact) mass is 571 g/mol. The lowest BCUT2D eigenvalue weighted by Crippen LogP contribution is -2.27. The molecule has 1 fully saturated rings. The lowest BCUT2D eigenvalue weighted by molar-refractivity contribution is 0.239. The zero-order valence-corrected chi connectivity index (χ0v) is 24.5. The standard InChI is InChI=1S/C30H38ClN3O3S.CH4/c1-19(2)37-28-17-25(22-10-12-32-13-11-22)21(5)14-24(28)16-30-33-18-26(31)27(34-30)15-23-8-6-7-9-29(23)38(35,36)20(3)4;/h6-9,14,17-20,22,32H,10-13,15-16H2,1-5H3;1H4. The number of nitrogens with zero attached hydrogens (tertiary/aromatic N) is 2. The van der Waals surface area contributed by atoms with E-state index in [1.807, 2.05) is 26.0 Å². The Balaban J connectivity index is 0.00000420. The minimum absolute atomic E-state index is 0. The van der Waals surface area contributed by atoms with Gasteiger partial charge in [-0.1, -0.05) is 43.3 Å². The van der Waals surface area contributed by atoms with Gasteiger partial charge in [0.05, 0.1) is 27.0 Å². The van der Waals surface area contributed by atoms with Crippen molar-refractivity contribution in [2.24, 2.45) is 0 Å². The Kier molecular flexibility index (Phi) is 10.5. The topological polar surface area (TPSA) is 81.2 Å². The van der Waals surface area contributed by atoms with Crippen LogP contribution in [-0.2, 0) is 22.7 Å². The molecule has 0 spiro atoms. The highest BCUT2D eigenvalue weighted by Gasteiger charge is 2.24. The third kappa shape index (κ3) is 7.38. The van der Waals surface area contributed by atoms with Crippen LogP contribution in [0.1, 0.15) is 87.7 Å². The fourth-order valence-electron chi connectivity index (χ4n) is 5.02. The maximum Gasteiger partial charge on any atom is 0.180 e. The lowest BCUT2D eigenvalue weighted by Gasteiger charge is -2.26. The molecule has 0 unspecified atom stereocenters. The molecule has 0 bridgehead atoms. The van der Waals surface area contributed by atoms with Crippen molar-refractivity contribution in [1.29, 1.82) is 0 Å². The number of nitrogens with one attached hydrogen (secondary N) is 1. The number of piperidine rings is 1. The smallest absolute Gasteiger partial charge is 0.180 e. The van der Waals surface area contributed by atoms with Crippen LogP contribution in [0.3, 0.4) is 0 Å². The van der Waals surface area contributed by atoms with E-state index in [0.717, 1.165) is 37.2 Å². The molecule has 0 atom stereocenters. The maximum atomic E-state index is 13.0. The van der Waals surface area contributed by atoms with Gasteiger partial charge in [-0.3, -0.25) is 0 Å². The molecule has 2 aromatic carbocycles. The molecule has 3 aromatic rings. The molecule has 1 aliphatic heterocycles. The highest BCUT2D eigenvalue weighted by Crippen LogP contribution is 2.34. The van der Waals surface area contributed by atoms with Gasteiger partial charge in [0.25, 0.3) is 0 Å². The second-order valence-corrected chi connectivity index (χ2v) is 13.5. The molecule has 0 radical (unpaired) electrons. The first-order chi connectivity index (χ1) is 18.1. The summed E-state index contributed by atoms with van der Waals surface area (Å²) in [6.45, 7) is 11.7. The first-order valence-electron chi connectivity index (χ1n) is 13.4. The quantitative estimate of drug-likeness (QED) is 0.308. The van der Waals surface area contributed by atoms with Crippen molar-refractivity contribution in [3.05, 3.63) is 81.4 Å². The highest BCUT2D eigenvalue weighted by atomic mass is 35.5. The molecule has 6 nitrogen and oxygen atoms in total. The van der Waals surface area contributed by atoms with Crippen molar-refractivity contribution in [3.63, 3.8) is 0 Å². The first-order valence-corrected chi connectivity index (χ1v) is 15.3. The van der Waals surface area contributed by atoms with Gasteiger partial charge in [-0.2, -0.15) is 0 Å². The van der Waals surface area contributed by atoms with E-state index in [2.05, 4.69) is 29.4 Å². The Morgan fingerprint density at radius 3 is 2.41 bits per heavy atom. The second kappa shape index (κ2) is 13.2. The van der Waals surface area contributed by atoms with E-state index in [1.54, 1.807) is 32.2 Å². The molecule has 1 saturated heterocycles. The summed E-state index contributed by atoms with van der Waals surface area (Å²) in [6, 6.07) is 11.5. The first kappa shape index (κ1) is 31.1. The van der Waals surface area contributed by atoms with Crippen molar-refractivity contribution in [3.8, 4) is 5.75 Å². The third-order valence-corrected chi connectivity index (χ3v) is 9.63. The zero-order chi connectivity index (χ0) is 27.4. The van der Waals surface area contributed by atoms with Crippen LogP contribution in [0.15, 0.2) is 47.5 Å². The van der Waals surface area contributed by atoms with Gasteiger partial charge in [-0.05, 0) is 95.3 Å². The van der Waals surface area contributed by atoms with Crippen LogP contribution in [-0.4, -0.2) is 42.8 Å². The number of sulfone groups is 1. The van der Waals surface area contributed by atoms with Crippen LogP contribution >= 0.6 is 11.6 Å². The van der Waals surface area contributed by atoms with Crippen molar-refractivity contribution < 1.29 is 13.2 Å². The molecule has 39 heavy (non-hydrogen) atoms. The Morgan fingerprint density at radius 1 is 1.05 bits per heavy atom. The van der Waals surface area contributed by atoms with E-state index >= 15 is 0 Å². The van der Waals surface area contributed by atoms with Gasteiger partial charge in [0.2, 0.25) is 0 Å². The number of rotatable bonds is 9. The molecule has 8 heteroatoms. The highest BCUT2D eigenvalue weighted by molar-refractivity contribution is 7.92. The number of aryl methyl sites for hydroxylation is 1. The van der Waals surface area contributed by atoms with E-state index < -0.39 is 15.1 Å². The van der Waals surface area contributed by atoms with Gasteiger partial charge in [-0.25, -0.2) is 18.4 Å². The van der Waals surface area contributed by atoms with E-state index in [4.69, 9.17) is 21.3 Å². The number of ether oxygens (including phenoxy) is 1. The number of halogens is 1. The largest absolute Gasteiger partial charge is 0.491 e. The number of benzene rings is 2. The van der Waals surface area contributed by atoms with Gasteiger partial charge >= 0.3 is 0 Å². The minimum Gasteiger partial charge on any atom is -0.491 e. The Bertz CT molecular complexity index is 1380. The molecule has 1 aliphatic rings. The average Bonchev–Trinajstić information content (AvgIpc) is 2.88. The van der Waals surface area contributed by atoms with Crippen LogP contribution < -0.4 is 10.1 Å². The lowest BCUT2D eigenvalue weighted by atomic mass is 9.86. The van der Waals surface area contributed by atoms with Crippen molar-refractivity contribution in [2.75, 3.05) is 13.1 Å². The zero-order valence-electron chi connectivity index (χ0n) is 22.9. The summed E-state index contributed by atoms with van der Waals surface area (Å²) in [5.41, 5.74) is 4.93. The molecular weight excluding hydrogens is 530 g/mol. The van der Waals surface area contributed by atoms with Crippen LogP contribution in [0.2, 0.25) is 5.02 Å². The molecule has 212 valence electrons. The summed E-state index contributed by atoms with van der Waals surface area (Å²) in [4.78, 5) is 9.63. The normalized spacial score (nSPS) is 14.5. The predicted molar refractivity (Wildman–Crippen MR) is 160 cm³/mol. The van der Waals surface area contributed by atoms with E-state index in [0.29, 0.717) is 45.8 Å². The average molecular weight is 572 g/mol. The minimum atomic E-state index is -3.44. The molecule has 1 N–H and O–H groups in total. The Hall–Kier alpha value is -2.48. The van der Waals surface area contributed by atoms with E-state index in [1.165, 1.54) is 11.1 Å². The van der Waals surface area contributed by atoms with Crippen molar-refractivity contribution in [1.82, 2.24) is 15.3 Å². The van der Waals surface area contributed by atoms with Gasteiger partial charge in [0.1, 0.15) is 11.6 Å². The second-order valence-electron chi connectivity index (χ2n) is 10.6. The van der Waals surface area contributed by atoms with Crippen LogP contribution in [0, 0.1) is 6.92 Å². The van der Waals surface area contributed by atoms with Crippen molar-refractivity contribution >= 4 is 21.4 Å². The summed E-state index contributed by atoms with van der Waals surface area (Å²) in [6.07, 6.45) is 4.69. The number of hydrogen-bond donors (Lipinski definition) is 1. The van der Waals surface area contributed by atoms with Crippen LogP contribution in [0.25, 0.3) is 0 Å². The molecule has 0 aliphatic carbocycles. The van der Waals surface area contributed by atoms with Gasteiger partial charge in [0, 0.05) is 24.6 Å². The Labute approximate surface area is 239 Å². The summed E-state index contributed by atoms with van der Waals surface area (Å²) >= 11 is 6.51. The molecule has 2 heterocycles. The van der Waals surface area contributed by atoms with Gasteiger partial charge in [0.15, 0.2) is 9.84 Å². The maximum absolute atomic E-state index is 13.0. The number of aromatic nitrogens is 2. The molecule has 0 saturated carbocycles. The number of hydrogen-bond acceptors (Lipinski definition) is 6. The van der Waals surface area contributed by atoms with E-state index in [9.17, 15) is 8.42 Å². The fourth-order valence-corrected chi connectivity index (χ4v) is 6.46. The SMILES string of the molecule is C.Cc1cc(Cc2ncc(Cl)c(Cc3ccccc3S(=O)(=O)C(C)C)n2)c(OC(C)C)cc1C1CCNCC1. The summed E-state index contributed by atoms with van der Waals surface area (Å²) < 4.78 is 32.2. The predicted octanol–water partition coefficient (Wildman–Crippen LogP) is 6.69. The molecule has 1 aromatic heterocycles. The fraction of sp³-hybridized carbons (Fsp3) is 0.484. The molecule has 0 amide bonds. The van der Waals surface area contributed by atoms with Gasteiger partial charge < -0.3 is 10.1 Å². The van der Waals surface area contributed by atoms with Crippen LogP contribution in [0.5, 0.6) is 5.75 Å².